The Morgan fingerprint density at radius 1 is 1.33 bits per heavy atom. The third-order valence-electron chi connectivity index (χ3n) is 2.75. The lowest BCUT2D eigenvalue weighted by molar-refractivity contribution is 0.172. The Balaban J connectivity index is 3.30. The molecule has 1 aromatic rings. The number of alkyl halides is 1. The molecule has 1 aromatic carbocycles. The van der Waals surface area contributed by atoms with Gasteiger partial charge >= 0.3 is 0 Å². The molecular formula is C13H20FNO3. The Hall–Kier alpha value is -1.33. The van der Waals surface area contributed by atoms with Crippen LogP contribution in [0, 0.1) is 0 Å². The first-order valence-corrected chi connectivity index (χ1v) is 5.77. The Labute approximate surface area is 107 Å². The van der Waals surface area contributed by atoms with E-state index in [0.717, 1.165) is 0 Å². The zero-order valence-corrected chi connectivity index (χ0v) is 11.2. The maximum Gasteiger partial charge on any atom is 0.166 e. The number of aliphatic hydroxyl groups excluding tert-OH is 1. The van der Waals surface area contributed by atoms with Crippen LogP contribution in [0.15, 0.2) is 12.1 Å². The van der Waals surface area contributed by atoms with Crippen LogP contribution in [0.4, 0.5) is 4.39 Å². The number of rotatable bonds is 6. The lowest BCUT2D eigenvalue weighted by atomic mass is 10.0. The predicted molar refractivity (Wildman–Crippen MR) is 68.0 cm³/mol. The van der Waals surface area contributed by atoms with Crippen LogP contribution in [-0.4, -0.2) is 32.9 Å². The maximum atomic E-state index is 13.4. The number of likely N-dealkylation sites (N-methyl/N-ethyl adjacent to an activating group) is 1. The van der Waals surface area contributed by atoms with Gasteiger partial charge in [0, 0.05) is 12.1 Å². The van der Waals surface area contributed by atoms with Crippen LogP contribution in [0.3, 0.4) is 0 Å². The Morgan fingerprint density at radius 3 is 2.44 bits per heavy atom. The summed E-state index contributed by atoms with van der Waals surface area (Å²) < 4.78 is 23.8. The van der Waals surface area contributed by atoms with E-state index in [1.807, 2.05) is 0 Å². The fourth-order valence-electron chi connectivity index (χ4n) is 1.80. The van der Waals surface area contributed by atoms with Crippen molar-refractivity contribution in [3.05, 3.63) is 23.3 Å². The van der Waals surface area contributed by atoms with Crippen molar-refractivity contribution in [1.29, 1.82) is 0 Å². The van der Waals surface area contributed by atoms with Crippen molar-refractivity contribution in [2.75, 3.05) is 27.8 Å². The third-order valence-corrected chi connectivity index (χ3v) is 2.75. The molecule has 0 amide bonds. The third kappa shape index (κ3) is 3.11. The summed E-state index contributed by atoms with van der Waals surface area (Å²) in [6.45, 7) is 1.79. The molecule has 0 radical (unpaired) electrons. The highest BCUT2D eigenvalue weighted by Gasteiger charge is 2.20. The van der Waals surface area contributed by atoms with Crippen molar-refractivity contribution in [2.24, 2.45) is 0 Å². The molecule has 2 atom stereocenters. The van der Waals surface area contributed by atoms with Gasteiger partial charge in [-0.2, -0.15) is 0 Å². The summed E-state index contributed by atoms with van der Waals surface area (Å²) >= 11 is 0. The van der Waals surface area contributed by atoms with Gasteiger partial charge in [-0.05, 0) is 31.7 Å². The molecular weight excluding hydrogens is 237 g/mol. The van der Waals surface area contributed by atoms with E-state index in [4.69, 9.17) is 9.47 Å². The molecule has 0 saturated heterocycles. The molecule has 0 aromatic heterocycles. The summed E-state index contributed by atoms with van der Waals surface area (Å²) in [6.07, 6.45) is -1.91. The van der Waals surface area contributed by atoms with Gasteiger partial charge in [0.2, 0.25) is 0 Å². The number of ether oxygens (including phenoxy) is 2. The summed E-state index contributed by atoms with van der Waals surface area (Å²) in [5, 5.41) is 12.9. The number of benzene rings is 1. The Kier molecular flexibility index (Phi) is 5.37. The van der Waals surface area contributed by atoms with E-state index in [2.05, 4.69) is 5.32 Å². The van der Waals surface area contributed by atoms with Crippen LogP contribution >= 0.6 is 0 Å². The number of hydrogen-bond acceptors (Lipinski definition) is 4. The standard InChI is InChI=1S/C13H20FNO3/c1-8(14)9-5-10(11(16)7-15-2)13(18-4)12(6-9)17-3/h5-6,8,11,15-16H,7H2,1-4H3. The van der Waals surface area contributed by atoms with Crippen molar-refractivity contribution in [3.63, 3.8) is 0 Å². The van der Waals surface area contributed by atoms with Crippen molar-refractivity contribution in [2.45, 2.75) is 19.2 Å². The normalized spacial score (nSPS) is 14.1. The second kappa shape index (κ2) is 6.56. The molecule has 0 aliphatic rings. The van der Waals surface area contributed by atoms with Gasteiger partial charge in [-0.25, -0.2) is 4.39 Å². The van der Waals surface area contributed by atoms with Crippen LogP contribution in [0.5, 0.6) is 11.5 Å². The van der Waals surface area contributed by atoms with Crippen LogP contribution in [0.1, 0.15) is 30.3 Å². The minimum atomic E-state index is -1.13. The molecule has 0 aliphatic carbocycles. The van der Waals surface area contributed by atoms with E-state index >= 15 is 0 Å². The average Bonchev–Trinajstić information content (AvgIpc) is 2.37. The van der Waals surface area contributed by atoms with Crippen LogP contribution < -0.4 is 14.8 Å². The summed E-state index contributed by atoms with van der Waals surface area (Å²) in [6, 6.07) is 3.19. The van der Waals surface area contributed by atoms with Gasteiger partial charge in [-0.3, -0.25) is 0 Å². The minimum Gasteiger partial charge on any atom is -0.493 e. The van der Waals surface area contributed by atoms with E-state index in [1.165, 1.54) is 21.1 Å². The SMILES string of the molecule is CNCC(O)c1cc(C(C)F)cc(OC)c1OC. The molecule has 5 heteroatoms. The molecule has 4 nitrogen and oxygen atoms in total. The monoisotopic (exact) mass is 257 g/mol. The highest BCUT2D eigenvalue weighted by Crippen LogP contribution is 2.38. The first-order chi connectivity index (χ1) is 8.54. The van der Waals surface area contributed by atoms with Crippen LogP contribution in [-0.2, 0) is 0 Å². The quantitative estimate of drug-likeness (QED) is 0.818. The van der Waals surface area contributed by atoms with Crippen molar-refractivity contribution < 1.29 is 19.0 Å². The molecule has 2 N–H and O–H groups in total. The van der Waals surface area contributed by atoms with E-state index in [0.29, 0.717) is 29.2 Å². The first kappa shape index (κ1) is 14.7. The van der Waals surface area contributed by atoms with Crippen LogP contribution in [0.25, 0.3) is 0 Å². The second-order valence-electron chi connectivity index (χ2n) is 4.04. The predicted octanol–water partition coefficient (Wildman–Crippen LogP) is 1.99. The summed E-state index contributed by atoms with van der Waals surface area (Å²) in [4.78, 5) is 0. The molecule has 0 saturated carbocycles. The lowest BCUT2D eigenvalue weighted by Gasteiger charge is -2.19. The second-order valence-corrected chi connectivity index (χ2v) is 4.04. The summed E-state index contributed by atoms with van der Waals surface area (Å²) in [5.41, 5.74) is 0.975. The molecule has 0 aliphatic heterocycles. The fraction of sp³-hybridized carbons (Fsp3) is 0.538. The topological polar surface area (TPSA) is 50.7 Å². The van der Waals surface area contributed by atoms with Crippen molar-refractivity contribution >= 4 is 0 Å². The molecule has 0 heterocycles. The van der Waals surface area contributed by atoms with E-state index < -0.39 is 12.3 Å². The lowest BCUT2D eigenvalue weighted by Crippen LogP contribution is -2.17. The van der Waals surface area contributed by atoms with Gasteiger partial charge in [0.25, 0.3) is 0 Å². The molecule has 0 bridgehead atoms. The van der Waals surface area contributed by atoms with Gasteiger partial charge in [0.1, 0.15) is 6.17 Å². The minimum absolute atomic E-state index is 0.351. The largest absolute Gasteiger partial charge is 0.493 e. The van der Waals surface area contributed by atoms with E-state index in [9.17, 15) is 9.50 Å². The molecule has 102 valence electrons. The fourth-order valence-corrected chi connectivity index (χ4v) is 1.80. The van der Waals surface area contributed by atoms with E-state index in [-0.39, 0.29) is 0 Å². The summed E-state index contributed by atoms with van der Waals surface area (Å²) in [7, 11) is 4.71. The molecule has 2 unspecified atom stereocenters. The van der Waals surface area contributed by atoms with Gasteiger partial charge in [-0.1, -0.05) is 0 Å². The molecule has 0 spiro atoms. The summed E-state index contributed by atoms with van der Waals surface area (Å²) in [5.74, 6) is 0.856. The number of halogens is 1. The van der Waals surface area contributed by atoms with Gasteiger partial charge < -0.3 is 19.9 Å². The van der Waals surface area contributed by atoms with Crippen molar-refractivity contribution in [3.8, 4) is 11.5 Å². The highest BCUT2D eigenvalue weighted by molar-refractivity contribution is 5.51. The average molecular weight is 257 g/mol. The van der Waals surface area contributed by atoms with E-state index in [1.54, 1.807) is 19.2 Å². The maximum absolute atomic E-state index is 13.4. The zero-order chi connectivity index (χ0) is 13.7. The zero-order valence-electron chi connectivity index (χ0n) is 11.2. The number of hydrogen-bond donors (Lipinski definition) is 2. The number of nitrogens with one attached hydrogen (secondary N) is 1. The molecule has 1 rings (SSSR count). The van der Waals surface area contributed by atoms with Crippen LogP contribution in [0.2, 0.25) is 0 Å². The Morgan fingerprint density at radius 2 is 2.00 bits per heavy atom. The Bertz CT molecular complexity index is 396. The molecule has 0 fully saturated rings. The van der Waals surface area contributed by atoms with Crippen molar-refractivity contribution in [1.82, 2.24) is 5.32 Å². The molecule has 18 heavy (non-hydrogen) atoms. The smallest absolute Gasteiger partial charge is 0.166 e. The van der Waals surface area contributed by atoms with Gasteiger partial charge in [0.05, 0.1) is 20.3 Å². The number of methoxy groups -OCH3 is 2. The first-order valence-electron chi connectivity index (χ1n) is 5.77. The van der Waals surface area contributed by atoms with Gasteiger partial charge in [-0.15, -0.1) is 0 Å². The highest BCUT2D eigenvalue weighted by atomic mass is 19.1. The van der Waals surface area contributed by atoms with Gasteiger partial charge in [0.15, 0.2) is 11.5 Å². The number of aliphatic hydroxyl groups is 1.